The Morgan fingerprint density at radius 3 is 2.77 bits per heavy atom. The number of ketones is 1. The van der Waals surface area contributed by atoms with Crippen LogP contribution in [-0.4, -0.2) is 21.5 Å². The molecule has 0 saturated heterocycles. The number of nitrogens with one attached hydrogen (secondary N) is 2. The first-order chi connectivity index (χ1) is 14.6. The van der Waals surface area contributed by atoms with Gasteiger partial charge in [0.2, 0.25) is 0 Å². The number of aromatic nitrogens is 2. The van der Waals surface area contributed by atoms with Gasteiger partial charge in [-0.3, -0.25) is 9.59 Å². The van der Waals surface area contributed by atoms with Crippen molar-refractivity contribution in [2.24, 2.45) is 0 Å². The molecule has 1 aliphatic heterocycles. The lowest BCUT2D eigenvalue weighted by Crippen LogP contribution is -2.32. The van der Waals surface area contributed by atoms with Crippen LogP contribution in [0.2, 0.25) is 0 Å². The lowest BCUT2D eigenvalue weighted by molar-refractivity contribution is -0.116. The first-order valence-corrected chi connectivity index (χ1v) is 10.2. The average Bonchev–Trinajstić information content (AvgIpc) is 3.17. The largest absolute Gasteiger partial charge is 0.343 e. The topological polar surface area (TPSA) is 76.0 Å². The van der Waals surface area contributed by atoms with Crippen molar-refractivity contribution in [1.29, 1.82) is 0 Å². The van der Waals surface area contributed by atoms with Crippen molar-refractivity contribution in [1.82, 2.24) is 9.78 Å². The van der Waals surface area contributed by atoms with E-state index >= 15 is 0 Å². The van der Waals surface area contributed by atoms with Gasteiger partial charge < -0.3 is 10.6 Å². The second-order valence-electron chi connectivity index (χ2n) is 7.78. The van der Waals surface area contributed by atoms with Crippen molar-refractivity contribution in [3.8, 4) is 0 Å². The molecule has 6 heteroatoms. The number of nitrogens with zero attached hydrogens (tertiary/aromatic N) is 2. The predicted octanol–water partition coefficient (Wildman–Crippen LogP) is 4.47. The molecule has 2 aromatic carbocycles. The number of para-hydroxylation sites is 1. The van der Waals surface area contributed by atoms with Crippen LogP contribution in [0.15, 0.2) is 72.1 Å². The Morgan fingerprint density at radius 2 is 1.97 bits per heavy atom. The Balaban J connectivity index is 1.59. The highest BCUT2D eigenvalue weighted by Crippen LogP contribution is 2.41. The van der Waals surface area contributed by atoms with Gasteiger partial charge in [-0.1, -0.05) is 48.0 Å². The van der Waals surface area contributed by atoms with Gasteiger partial charge in [-0.05, 0) is 37.5 Å². The Bertz CT molecular complexity index is 1180. The third-order valence-corrected chi connectivity index (χ3v) is 5.67. The molecular weight excluding hydrogens is 376 g/mol. The first-order valence-electron chi connectivity index (χ1n) is 10.2. The van der Waals surface area contributed by atoms with E-state index in [1.807, 2.05) is 55.5 Å². The Kier molecular flexibility index (Phi) is 4.47. The second-order valence-corrected chi connectivity index (χ2v) is 7.78. The standard InChI is InChI=1S/C24H22N4O2/c1-15-7-5-8-16(13-15)22-21-19(11-6-12-20(21)29)27-23-18(14-25-28(22)23)24(30)26-17-9-3-2-4-10-17/h2-5,7-10,13-14,22,27H,6,11-12H2,1H3,(H,26,30)/t22-/m0/s1. The molecule has 0 saturated carbocycles. The van der Waals surface area contributed by atoms with Crippen LogP contribution in [0, 0.1) is 6.92 Å². The number of hydrogen-bond donors (Lipinski definition) is 2. The summed E-state index contributed by atoms with van der Waals surface area (Å²) in [5.74, 6) is 0.541. The van der Waals surface area contributed by atoms with Crippen LogP contribution in [0.5, 0.6) is 0 Å². The van der Waals surface area contributed by atoms with Crippen LogP contribution in [0.4, 0.5) is 11.5 Å². The zero-order chi connectivity index (χ0) is 20.7. The van der Waals surface area contributed by atoms with Gasteiger partial charge in [0.15, 0.2) is 5.78 Å². The molecule has 1 aromatic heterocycles. The molecule has 3 aromatic rings. The fourth-order valence-corrected chi connectivity index (χ4v) is 4.29. The van der Waals surface area contributed by atoms with E-state index in [4.69, 9.17) is 0 Å². The highest BCUT2D eigenvalue weighted by atomic mass is 16.1. The summed E-state index contributed by atoms with van der Waals surface area (Å²) in [4.78, 5) is 25.9. The fourth-order valence-electron chi connectivity index (χ4n) is 4.29. The molecule has 2 aliphatic rings. The zero-order valence-corrected chi connectivity index (χ0v) is 16.7. The van der Waals surface area contributed by atoms with Crippen LogP contribution in [0.25, 0.3) is 0 Å². The number of hydrogen-bond acceptors (Lipinski definition) is 4. The van der Waals surface area contributed by atoms with Crippen molar-refractivity contribution in [2.75, 3.05) is 10.6 Å². The maximum atomic E-state index is 13.0. The molecule has 0 unspecified atom stereocenters. The number of carbonyl (C=O) groups excluding carboxylic acids is 2. The number of rotatable bonds is 3. The van der Waals surface area contributed by atoms with Gasteiger partial charge in [0.25, 0.3) is 5.91 Å². The molecular formula is C24H22N4O2. The van der Waals surface area contributed by atoms with Crippen molar-refractivity contribution in [3.63, 3.8) is 0 Å². The van der Waals surface area contributed by atoms with Gasteiger partial charge in [-0.15, -0.1) is 0 Å². The Hall–Kier alpha value is -3.67. The summed E-state index contributed by atoms with van der Waals surface area (Å²) in [6, 6.07) is 17.1. The van der Waals surface area contributed by atoms with E-state index in [9.17, 15) is 9.59 Å². The molecule has 1 atom stereocenters. The summed E-state index contributed by atoms with van der Waals surface area (Å²) in [6.07, 6.45) is 3.71. The molecule has 1 aliphatic carbocycles. The molecule has 5 rings (SSSR count). The predicted molar refractivity (Wildman–Crippen MR) is 115 cm³/mol. The quantitative estimate of drug-likeness (QED) is 0.683. The molecule has 0 spiro atoms. The van der Waals surface area contributed by atoms with E-state index in [2.05, 4.69) is 21.8 Å². The Morgan fingerprint density at radius 1 is 1.13 bits per heavy atom. The monoisotopic (exact) mass is 398 g/mol. The van der Waals surface area contributed by atoms with E-state index in [0.717, 1.165) is 40.9 Å². The third-order valence-electron chi connectivity index (χ3n) is 5.67. The van der Waals surface area contributed by atoms with Gasteiger partial charge in [0.1, 0.15) is 17.4 Å². The lowest BCUT2D eigenvalue weighted by atomic mass is 9.85. The van der Waals surface area contributed by atoms with Gasteiger partial charge >= 0.3 is 0 Å². The smallest absolute Gasteiger partial charge is 0.261 e. The number of benzene rings is 2. The third kappa shape index (κ3) is 3.10. The molecule has 0 fully saturated rings. The van der Waals surface area contributed by atoms with Crippen LogP contribution in [0.1, 0.15) is 46.8 Å². The minimum atomic E-state index is -0.331. The molecule has 2 N–H and O–H groups in total. The van der Waals surface area contributed by atoms with E-state index in [1.54, 1.807) is 10.9 Å². The van der Waals surface area contributed by atoms with Crippen LogP contribution >= 0.6 is 0 Å². The molecule has 0 bridgehead atoms. The molecule has 30 heavy (non-hydrogen) atoms. The van der Waals surface area contributed by atoms with Crippen LogP contribution < -0.4 is 10.6 Å². The Labute approximate surface area is 174 Å². The summed E-state index contributed by atoms with van der Waals surface area (Å²) in [5.41, 5.74) is 4.96. The van der Waals surface area contributed by atoms with Crippen molar-refractivity contribution in [2.45, 2.75) is 32.2 Å². The fraction of sp³-hybridized carbons (Fsp3) is 0.208. The summed E-state index contributed by atoms with van der Waals surface area (Å²) in [5, 5.41) is 10.8. The van der Waals surface area contributed by atoms with Gasteiger partial charge in [-0.25, -0.2) is 4.68 Å². The molecule has 6 nitrogen and oxygen atoms in total. The average molecular weight is 398 g/mol. The highest BCUT2D eigenvalue weighted by Gasteiger charge is 2.37. The van der Waals surface area contributed by atoms with Crippen LogP contribution in [0.3, 0.4) is 0 Å². The van der Waals surface area contributed by atoms with Gasteiger partial charge in [-0.2, -0.15) is 5.10 Å². The summed E-state index contributed by atoms with van der Waals surface area (Å²) in [6.45, 7) is 2.03. The molecule has 2 heterocycles. The number of allylic oxidation sites excluding steroid dienone is 2. The summed E-state index contributed by atoms with van der Waals surface area (Å²) >= 11 is 0. The number of fused-ring (bicyclic) bond motifs is 1. The number of anilines is 2. The lowest BCUT2D eigenvalue weighted by Gasteiger charge is -2.33. The molecule has 0 radical (unpaired) electrons. The van der Waals surface area contributed by atoms with Crippen LogP contribution in [-0.2, 0) is 4.79 Å². The molecule has 1 amide bonds. The first kappa shape index (κ1) is 18.4. The van der Waals surface area contributed by atoms with E-state index in [0.29, 0.717) is 17.8 Å². The summed E-state index contributed by atoms with van der Waals surface area (Å²) in [7, 11) is 0. The molecule has 150 valence electrons. The minimum Gasteiger partial charge on any atom is -0.343 e. The number of carbonyl (C=O) groups is 2. The maximum absolute atomic E-state index is 13.0. The minimum absolute atomic E-state index is 0.145. The maximum Gasteiger partial charge on any atom is 0.261 e. The second kappa shape index (κ2) is 7.30. The number of amides is 1. The zero-order valence-electron chi connectivity index (χ0n) is 16.7. The van der Waals surface area contributed by atoms with Gasteiger partial charge in [0.05, 0.1) is 6.20 Å². The van der Waals surface area contributed by atoms with Crippen molar-refractivity contribution < 1.29 is 9.59 Å². The number of aryl methyl sites for hydroxylation is 1. The highest BCUT2D eigenvalue weighted by molar-refractivity contribution is 6.08. The van der Waals surface area contributed by atoms with Crippen molar-refractivity contribution in [3.05, 3.63) is 88.8 Å². The number of Topliss-reactive ketones (excluding diaryl/α,β-unsaturated/α-hetero) is 1. The van der Waals surface area contributed by atoms with E-state index in [1.165, 1.54) is 0 Å². The van der Waals surface area contributed by atoms with E-state index < -0.39 is 0 Å². The van der Waals surface area contributed by atoms with E-state index in [-0.39, 0.29) is 17.7 Å². The summed E-state index contributed by atoms with van der Waals surface area (Å²) < 4.78 is 1.77. The van der Waals surface area contributed by atoms with Crippen molar-refractivity contribution >= 4 is 23.2 Å². The SMILES string of the molecule is Cc1cccc([C@H]2C3=C(CCCC3=O)Nc3c(C(=O)Nc4ccccc4)cnn32)c1. The van der Waals surface area contributed by atoms with Gasteiger partial charge in [0, 0.05) is 23.4 Å². The normalized spacial score (nSPS) is 17.8.